The molecule has 3 N–H and O–H groups in total. The first kappa shape index (κ1) is 21.3. The van der Waals surface area contributed by atoms with Gasteiger partial charge in [0, 0.05) is 29.9 Å². The monoisotopic (exact) mass is 433 g/mol. The number of carbonyl (C=O) groups excluding carboxylic acids is 2. The van der Waals surface area contributed by atoms with Crippen LogP contribution in [0.1, 0.15) is 51.3 Å². The van der Waals surface area contributed by atoms with Crippen LogP contribution in [-0.2, 0) is 6.54 Å². The van der Waals surface area contributed by atoms with E-state index in [2.05, 4.69) is 5.32 Å². The second-order valence-electron chi connectivity index (χ2n) is 7.95. The number of nitrogens with one attached hydrogen (secondary N) is 1. The molecule has 1 heterocycles. The average Bonchev–Trinajstić information content (AvgIpc) is 3.34. The normalized spacial score (nSPS) is 18.4. The van der Waals surface area contributed by atoms with Crippen LogP contribution in [0.15, 0.2) is 72.1 Å². The van der Waals surface area contributed by atoms with Gasteiger partial charge >= 0.3 is 0 Å². The Morgan fingerprint density at radius 3 is 2.55 bits per heavy atom. The summed E-state index contributed by atoms with van der Waals surface area (Å²) in [5.74, 6) is -0.130. The van der Waals surface area contributed by atoms with E-state index >= 15 is 0 Å². The zero-order chi connectivity index (χ0) is 21.6. The summed E-state index contributed by atoms with van der Waals surface area (Å²) in [4.78, 5) is 28.4. The van der Waals surface area contributed by atoms with Gasteiger partial charge < -0.3 is 16.0 Å². The van der Waals surface area contributed by atoms with Gasteiger partial charge in [-0.2, -0.15) is 0 Å². The van der Waals surface area contributed by atoms with Gasteiger partial charge in [0.1, 0.15) is 0 Å². The van der Waals surface area contributed by atoms with Crippen molar-refractivity contribution >= 4 is 28.8 Å². The van der Waals surface area contributed by atoms with Gasteiger partial charge in [-0.1, -0.05) is 49.2 Å². The molecule has 1 saturated carbocycles. The predicted octanol–water partition coefficient (Wildman–Crippen LogP) is 4.91. The van der Waals surface area contributed by atoms with E-state index < -0.39 is 0 Å². The van der Waals surface area contributed by atoms with E-state index in [0.29, 0.717) is 17.0 Å². The van der Waals surface area contributed by atoms with Gasteiger partial charge in [-0.15, -0.1) is 11.3 Å². The molecule has 1 aliphatic rings. The Balaban J connectivity index is 1.56. The minimum atomic E-state index is -0.126. The fourth-order valence-electron chi connectivity index (χ4n) is 4.16. The Hall–Kier alpha value is -2.96. The van der Waals surface area contributed by atoms with Crippen LogP contribution < -0.4 is 11.1 Å². The number of hydrogen-bond donors (Lipinski definition) is 2. The Morgan fingerprint density at radius 2 is 1.81 bits per heavy atom. The van der Waals surface area contributed by atoms with Gasteiger partial charge in [0.05, 0.1) is 4.88 Å². The van der Waals surface area contributed by atoms with Crippen LogP contribution in [-0.4, -0.2) is 28.8 Å². The topological polar surface area (TPSA) is 75.4 Å². The second-order valence-corrected chi connectivity index (χ2v) is 8.89. The Labute approximate surface area is 186 Å². The lowest BCUT2D eigenvalue weighted by molar-refractivity contribution is 0.0583. The highest BCUT2D eigenvalue weighted by Crippen LogP contribution is 2.26. The van der Waals surface area contributed by atoms with Crippen molar-refractivity contribution in [2.45, 2.75) is 44.3 Å². The fraction of sp³-hybridized carbons (Fsp3) is 0.280. The van der Waals surface area contributed by atoms with E-state index in [-0.39, 0.29) is 23.9 Å². The van der Waals surface area contributed by atoms with E-state index in [1.54, 1.807) is 6.07 Å². The van der Waals surface area contributed by atoms with Crippen molar-refractivity contribution in [2.75, 3.05) is 5.32 Å². The van der Waals surface area contributed by atoms with Crippen molar-refractivity contribution in [2.24, 2.45) is 5.73 Å². The van der Waals surface area contributed by atoms with Crippen molar-refractivity contribution in [3.05, 3.63) is 88.1 Å². The standard InChI is InChI=1S/C25H27N3O2S/c26-21-12-4-5-13-22(21)28(25(30)19-9-2-1-3-10-19)17-18-8-6-11-20(16-18)27-24(29)23-14-7-15-31-23/h1-3,6-11,14-16,21-22H,4-5,12-13,17,26H2,(H,27,29). The highest BCUT2D eigenvalue weighted by molar-refractivity contribution is 7.12. The van der Waals surface area contributed by atoms with Gasteiger partial charge in [0.25, 0.3) is 11.8 Å². The summed E-state index contributed by atoms with van der Waals surface area (Å²) in [5.41, 5.74) is 8.80. The van der Waals surface area contributed by atoms with E-state index in [1.807, 2.05) is 70.9 Å². The minimum absolute atomic E-state index is 0.00373. The number of nitrogens with two attached hydrogens (primary N) is 1. The molecule has 1 aliphatic carbocycles. The molecule has 1 aromatic heterocycles. The molecule has 2 unspecified atom stereocenters. The first-order chi connectivity index (χ1) is 15.1. The van der Waals surface area contributed by atoms with Gasteiger partial charge in [-0.3, -0.25) is 9.59 Å². The highest BCUT2D eigenvalue weighted by Gasteiger charge is 2.31. The summed E-state index contributed by atoms with van der Waals surface area (Å²) in [5, 5.41) is 4.83. The first-order valence-electron chi connectivity index (χ1n) is 10.7. The number of thiophene rings is 1. The molecular formula is C25H27N3O2S. The lowest BCUT2D eigenvalue weighted by atomic mass is 9.89. The van der Waals surface area contributed by atoms with Crippen molar-refractivity contribution in [1.29, 1.82) is 0 Å². The zero-order valence-corrected chi connectivity index (χ0v) is 18.2. The summed E-state index contributed by atoms with van der Waals surface area (Å²) in [6, 6.07) is 20.7. The molecule has 6 heteroatoms. The predicted molar refractivity (Wildman–Crippen MR) is 125 cm³/mol. The number of carbonyl (C=O) groups is 2. The molecule has 0 saturated heterocycles. The lowest BCUT2D eigenvalue weighted by Crippen LogP contribution is -2.51. The molecule has 3 aromatic rings. The molecule has 2 atom stereocenters. The fourth-order valence-corrected chi connectivity index (χ4v) is 4.78. The molecule has 0 spiro atoms. The summed E-state index contributed by atoms with van der Waals surface area (Å²) < 4.78 is 0. The Kier molecular flexibility index (Phi) is 6.79. The molecule has 2 aromatic carbocycles. The maximum absolute atomic E-state index is 13.4. The SMILES string of the molecule is NC1CCCCC1N(Cc1cccc(NC(=O)c2cccs2)c1)C(=O)c1ccccc1. The quantitative estimate of drug-likeness (QED) is 0.580. The Morgan fingerprint density at radius 1 is 1.00 bits per heavy atom. The van der Waals surface area contributed by atoms with Crippen molar-refractivity contribution in [3.63, 3.8) is 0 Å². The number of amides is 2. The summed E-state index contributed by atoms with van der Waals surface area (Å²) in [6.45, 7) is 0.453. The van der Waals surface area contributed by atoms with Gasteiger partial charge in [0.2, 0.25) is 0 Å². The maximum atomic E-state index is 13.4. The minimum Gasteiger partial charge on any atom is -0.330 e. The van der Waals surface area contributed by atoms with Crippen LogP contribution in [0.5, 0.6) is 0 Å². The van der Waals surface area contributed by atoms with Crippen LogP contribution in [0.25, 0.3) is 0 Å². The van der Waals surface area contributed by atoms with Gasteiger partial charge in [-0.25, -0.2) is 0 Å². The smallest absolute Gasteiger partial charge is 0.265 e. The number of nitrogens with zero attached hydrogens (tertiary/aromatic N) is 1. The number of rotatable bonds is 6. The third kappa shape index (κ3) is 5.21. The van der Waals surface area contributed by atoms with Crippen molar-refractivity contribution in [1.82, 2.24) is 4.90 Å². The van der Waals surface area contributed by atoms with Gasteiger partial charge in [0.15, 0.2) is 0 Å². The molecule has 0 aliphatic heterocycles. The summed E-state index contributed by atoms with van der Waals surface area (Å²) in [6.07, 6.45) is 4.03. The van der Waals surface area contributed by atoms with Gasteiger partial charge in [-0.05, 0) is 54.1 Å². The molecule has 4 rings (SSSR count). The summed E-state index contributed by atoms with van der Waals surface area (Å²) in [7, 11) is 0. The largest absolute Gasteiger partial charge is 0.330 e. The van der Waals surface area contributed by atoms with Crippen LogP contribution in [0.4, 0.5) is 5.69 Å². The van der Waals surface area contributed by atoms with E-state index in [4.69, 9.17) is 5.73 Å². The number of benzene rings is 2. The van der Waals surface area contributed by atoms with Crippen LogP contribution in [0, 0.1) is 0 Å². The van der Waals surface area contributed by atoms with Crippen molar-refractivity contribution < 1.29 is 9.59 Å². The molecule has 0 bridgehead atoms. The second kappa shape index (κ2) is 9.90. The van der Waals surface area contributed by atoms with E-state index in [1.165, 1.54) is 11.3 Å². The van der Waals surface area contributed by atoms with Crippen LogP contribution in [0.3, 0.4) is 0 Å². The number of hydrogen-bond acceptors (Lipinski definition) is 4. The third-order valence-corrected chi connectivity index (χ3v) is 6.61. The molecule has 2 amide bonds. The first-order valence-corrected chi connectivity index (χ1v) is 11.5. The molecule has 160 valence electrons. The molecule has 1 fully saturated rings. The molecule has 0 radical (unpaired) electrons. The molecule has 5 nitrogen and oxygen atoms in total. The van der Waals surface area contributed by atoms with E-state index in [9.17, 15) is 9.59 Å². The average molecular weight is 434 g/mol. The lowest BCUT2D eigenvalue weighted by Gasteiger charge is -2.38. The molecule has 31 heavy (non-hydrogen) atoms. The van der Waals surface area contributed by atoms with Crippen LogP contribution >= 0.6 is 11.3 Å². The van der Waals surface area contributed by atoms with Crippen molar-refractivity contribution in [3.8, 4) is 0 Å². The Bertz CT molecular complexity index is 1020. The zero-order valence-electron chi connectivity index (χ0n) is 17.4. The van der Waals surface area contributed by atoms with E-state index in [0.717, 1.165) is 36.9 Å². The number of anilines is 1. The summed E-state index contributed by atoms with van der Waals surface area (Å²) >= 11 is 1.41. The third-order valence-electron chi connectivity index (χ3n) is 5.75. The van der Waals surface area contributed by atoms with Crippen LogP contribution in [0.2, 0.25) is 0 Å². The maximum Gasteiger partial charge on any atom is 0.265 e. The molecular weight excluding hydrogens is 406 g/mol. The highest BCUT2D eigenvalue weighted by atomic mass is 32.1.